The maximum atomic E-state index is 12.5. The van der Waals surface area contributed by atoms with Gasteiger partial charge < -0.3 is 10.2 Å². The summed E-state index contributed by atoms with van der Waals surface area (Å²) in [6, 6.07) is 18.2. The molecule has 1 saturated heterocycles. The Hall–Kier alpha value is -2.62. The van der Waals surface area contributed by atoms with Crippen LogP contribution in [0.4, 0.5) is 0 Å². The molecule has 0 saturated carbocycles. The molecule has 1 atom stereocenters. The lowest BCUT2D eigenvalue weighted by atomic mass is 10.0. The highest BCUT2D eigenvalue weighted by atomic mass is 16.2. The van der Waals surface area contributed by atoms with Crippen LogP contribution < -0.4 is 5.32 Å². The van der Waals surface area contributed by atoms with E-state index >= 15 is 0 Å². The highest BCUT2D eigenvalue weighted by molar-refractivity contribution is 5.84. The molecule has 1 aliphatic heterocycles. The Bertz CT molecular complexity index is 683. The van der Waals surface area contributed by atoms with Crippen LogP contribution in [0.1, 0.15) is 24.8 Å². The van der Waals surface area contributed by atoms with E-state index < -0.39 is 0 Å². The van der Waals surface area contributed by atoms with Crippen LogP contribution in [0.3, 0.4) is 0 Å². The van der Waals surface area contributed by atoms with Crippen LogP contribution in [0.25, 0.3) is 11.1 Å². The summed E-state index contributed by atoms with van der Waals surface area (Å²) in [7, 11) is 0. The molecule has 2 aromatic rings. The predicted octanol–water partition coefficient (Wildman–Crippen LogP) is 2.98. The van der Waals surface area contributed by atoms with E-state index in [9.17, 15) is 9.59 Å². The van der Waals surface area contributed by atoms with Gasteiger partial charge in [-0.15, -0.1) is 0 Å². The molecular formula is C20H22N2O2. The topological polar surface area (TPSA) is 49.4 Å². The largest absolute Gasteiger partial charge is 0.347 e. The van der Waals surface area contributed by atoms with E-state index in [0.717, 1.165) is 31.4 Å². The molecule has 0 bridgehead atoms. The first-order valence-electron chi connectivity index (χ1n) is 8.41. The van der Waals surface area contributed by atoms with E-state index in [1.165, 1.54) is 11.1 Å². The lowest BCUT2D eigenvalue weighted by Crippen LogP contribution is -2.44. The van der Waals surface area contributed by atoms with Gasteiger partial charge in [0.2, 0.25) is 12.3 Å². The quantitative estimate of drug-likeness (QED) is 0.860. The van der Waals surface area contributed by atoms with Crippen molar-refractivity contribution >= 4 is 12.3 Å². The molecule has 1 unspecified atom stereocenters. The Morgan fingerprint density at radius 1 is 1.00 bits per heavy atom. The normalized spacial score (nSPS) is 18.1. The van der Waals surface area contributed by atoms with Crippen LogP contribution >= 0.6 is 0 Å². The second-order valence-electron chi connectivity index (χ2n) is 6.16. The average Bonchev–Trinajstić information content (AvgIpc) is 2.80. The molecule has 1 N–H and O–H groups in total. The van der Waals surface area contributed by atoms with Gasteiger partial charge in [0.25, 0.3) is 0 Å². The standard InChI is InChI=1S/C20H22N2O2/c23-15-21-19-8-4-5-13-22(20(19)24)14-16-9-11-18(12-10-16)17-6-2-1-3-7-17/h1-3,6-7,9-12,15,19H,4-5,8,13-14H2,(H,21,23). The molecule has 1 heterocycles. The van der Waals surface area contributed by atoms with Gasteiger partial charge in [-0.3, -0.25) is 9.59 Å². The minimum absolute atomic E-state index is 0.0201. The van der Waals surface area contributed by atoms with Crippen molar-refractivity contribution in [3.63, 3.8) is 0 Å². The minimum Gasteiger partial charge on any atom is -0.347 e. The number of rotatable bonds is 5. The molecular weight excluding hydrogens is 300 g/mol. The molecule has 0 spiro atoms. The van der Waals surface area contributed by atoms with Gasteiger partial charge in [-0.25, -0.2) is 0 Å². The van der Waals surface area contributed by atoms with Crippen molar-refractivity contribution in [1.82, 2.24) is 10.2 Å². The average molecular weight is 322 g/mol. The summed E-state index contributed by atoms with van der Waals surface area (Å²) in [6.07, 6.45) is 3.29. The molecule has 0 radical (unpaired) electrons. The van der Waals surface area contributed by atoms with Crippen molar-refractivity contribution in [3.8, 4) is 11.1 Å². The number of benzene rings is 2. The van der Waals surface area contributed by atoms with Crippen LogP contribution in [0, 0.1) is 0 Å². The molecule has 24 heavy (non-hydrogen) atoms. The number of hydrogen-bond donors (Lipinski definition) is 1. The Morgan fingerprint density at radius 2 is 1.71 bits per heavy atom. The molecule has 1 aliphatic rings. The zero-order valence-corrected chi connectivity index (χ0v) is 13.7. The van der Waals surface area contributed by atoms with E-state index in [2.05, 4.69) is 41.7 Å². The summed E-state index contributed by atoms with van der Waals surface area (Å²) in [5.74, 6) is 0.0201. The number of nitrogens with one attached hydrogen (secondary N) is 1. The van der Waals surface area contributed by atoms with Crippen LogP contribution in [-0.2, 0) is 16.1 Å². The van der Waals surface area contributed by atoms with Gasteiger partial charge >= 0.3 is 0 Å². The zero-order valence-electron chi connectivity index (χ0n) is 13.7. The Kier molecular flexibility index (Phi) is 5.26. The van der Waals surface area contributed by atoms with Crippen molar-refractivity contribution in [2.45, 2.75) is 31.8 Å². The number of hydrogen-bond acceptors (Lipinski definition) is 2. The minimum atomic E-state index is -0.381. The number of nitrogens with zero attached hydrogens (tertiary/aromatic N) is 1. The third-order valence-electron chi connectivity index (χ3n) is 4.48. The van der Waals surface area contributed by atoms with Gasteiger partial charge in [0.05, 0.1) is 0 Å². The van der Waals surface area contributed by atoms with Gasteiger partial charge in [-0.1, -0.05) is 54.6 Å². The fraction of sp³-hybridized carbons (Fsp3) is 0.300. The van der Waals surface area contributed by atoms with Crippen molar-refractivity contribution in [2.24, 2.45) is 0 Å². The van der Waals surface area contributed by atoms with Crippen molar-refractivity contribution in [3.05, 3.63) is 60.2 Å². The second-order valence-corrected chi connectivity index (χ2v) is 6.16. The van der Waals surface area contributed by atoms with Gasteiger partial charge in [0.15, 0.2) is 0 Å². The fourth-order valence-electron chi connectivity index (χ4n) is 3.15. The lowest BCUT2D eigenvalue weighted by molar-refractivity contribution is -0.134. The zero-order chi connectivity index (χ0) is 16.8. The monoisotopic (exact) mass is 322 g/mol. The van der Waals surface area contributed by atoms with Gasteiger partial charge in [0, 0.05) is 13.1 Å². The van der Waals surface area contributed by atoms with E-state index in [-0.39, 0.29) is 11.9 Å². The lowest BCUT2D eigenvalue weighted by Gasteiger charge is -2.24. The third-order valence-corrected chi connectivity index (χ3v) is 4.48. The van der Waals surface area contributed by atoms with E-state index in [1.54, 1.807) is 0 Å². The SMILES string of the molecule is O=CNC1CCCCN(Cc2ccc(-c3ccccc3)cc2)C1=O. The van der Waals surface area contributed by atoms with Crippen LogP contribution in [0.5, 0.6) is 0 Å². The van der Waals surface area contributed by atoms with E-state index in [0.29, 0.717) is 13.0 Å². The summed E-state index contributed by atoms with van der Waals surface area (Å²) in [6.45, 7) is 1.33. The Balaban J connectivity index is 1.70. The van der Waals surface area contributed by atoms with Crippen molar-refractivity contribution < 1.29 is 9.59 Å². The fourth-order valence-corrected chi connectivity index (χ4v) is 3.15. The number of likely N-dealkylation sites (tertiary alicyclic amines) is 1. The third kappa shape index (κ3) is 3.82. The summed E-state index contributed by atoms with van der Waals surface area (Å²) in [5, 5.41) is 2.65. The molecule has 3 rings (SSSR count). The van der Waals surface area contributed by atoms with Crippen molar-refractivity contribution in [1.29, 1.82) is 0 Å². The summed E-state index contributed by atoms with van der Waals surface area (Å²) < 4.78 is 0. The van der Waals surface area contributed by atoms with Gasteiger partial charge in [0.1, 0.15) is 6.04 Å². The Labute approximate surface area is 142 Å². The van der Waals surface area contributed by atoms with Gasteiger partial charge in [-0.05, 0) is 36.0 Å². The highest BCUT2D eigenvalue weighted by Crippen LogP contribution is 2.21. The summed E-state index contributed by atoms with van der Waals surface area (Å²) in [5.41, 5.74) is 3.46. The molecule has 124 valence electrons. The molecule has 2 aromatic carbocycles. The van der Waals surface area contributed by atoms with Gasteiger partial charge in [-0.2, -0.15) is 0 Å². The number of carbonyl (C=O) groups is 2. The maximum Gasteiger partial charge on any atom is 0.245 e. The number of carbonyl (C=O) groups excluding carboxylic acids is 2. The number of amides is 2. The van der Waals surface area contributed by atoms with Crippen LogP contribution in [0.15, 0.2) is 54.6 Å². The van der Waals surface area contributed by atoms with Crippen molar-refractivity contribution in [2.75, 3.05) is 6.54 Å². The molecule has 1 fully saturated rings. The molecule has 0 aromatic heterocycles. The first-order chi connectivity index (χ1) is 11.8. The van der Waals surface area contributed by atoms with Crippen LogP contribution in [-0.4, -0.2) is 29.8 Å². The molecule has 4 nitrogen and oxygen atoms in total. The smallest absolute Gasteiger partial charge is 0.245 e. The molecule has 2 amide bonds. The first-order valence-corrected chi connectivity index (χ1v) is 8.41. The summed E-state index contributed by atoms with van der Waals surface area (Å²) in [4.78, 5) is 25.1. The second kappa shape index (κ2) is 7.77. The van der Waals surface area contributed by atoms with Crippen LogP contribution in [0.2, 0.25) is 0 Å². The molecule has 0 aliphatic carbocycles. The predicted molar refractivity (Wildman–Crippen MR) is 94.1 cm³/mol. The first kappa shape index (κ1) is 16.2. The maximum absolute atomic E-state index is 12.5. The highest BCUT2D eigenvalue weighted by Gasteiger charge is 2.26. The van der Waals surface area contributed by atoms with E-state index in [1.807, 2.05) is 23.1 Å². The van der Waals surface area contributed by atoms with E-state index in [4.69, 9.17) is 0 Å². The molecule has 4 heteroatoms. The Morgan fingerprint density at radius 3 is 2.42 bits per heavy atom. The summed E-state index contributed by atoms with van der Waals surface area (Å²) >= 11 is 0.